The Bertz CT molecular complexity index is 3980. The van der Waals surface area contributed by atoms with Crippen LogP contribution in [-0.2, 0) is 58.3 Å². The average Bonchev–Trinajstić information content (AvgIpc) is 0.728. The highest BCUT2D eigenvalue weighted by molar-refractivity contribution is 7.85. The Labute approximate surface area is 536 Å². The van der Waals surface area contributed by atoms with Gasteiger partial charge in [0.1, 0.15) is 22.8 Å². The van der Waals surface area contributed by atoms with Gasteiger partial charge in [-0.05, 0) is 140 Å². The molecule has 12 rings (SSSR count). The first-order valence-corrected chi connectivity index (χ1v) is 33.3. The number of pyridine rings is 2. The molecule has 0 spiro atoms. The van der Waals surface area contributed by atoms with Crippen LogP contribution in [0.25, 0.3) is 27.6 Å². The number of nitrogens with one attached hydrogen (secondary N) is 3. The summed E-state index contributed by atoms with van der Waals surface area (Å²) in [6.45, 7) is 7.96. The van der Waals surface area contributed by atoms with E-state index in [0.29, 0.717) is 103 Å². The molecule has 2 atom stereocenters. The lowest BCUT2D eigenvalue weighted by molar-refractivity contribution is -0.248. The van der Waals surface area contributed by atoms with Crippen LogP contribution in [0.4, 0.5) is 21.4 Å². The van der Waals surface area contributed by atoms with Gasteiger partial charge >= 0.3 is 12.1 Å². The van der Waals surface area contributed by atoms with E-state index in [-0.39, 0.29) is 97.2 Å². The third kappa shape index (κ3) is 15.3. The molecule has 0 saturated heterocycles. The number of hydrogen-bond acceptors (Lipinski definition) is 17. The third-order valence-electron chi connectivity index (χ3n) is 18.1. The van der Waals surface area contributed by atoms with Crippen LogP contribution in [0.15, 0.2) is 91.3 Å². The Morgan fingerprint density at radius 1 is 0.880 bits per heavy atom. The fraction of sp³-hybridized carbons (Fsp3) is 0.439. The van der Waals surface area contributed by atoms with Gasteiger partial charge in [0.25, 0.3) is 27.8 Å². The number of carboxylic acid groups (broad SMARTS) is 1. The van der Waals surface area contributed by atoms with Gasteiger partial charge in [-0.3, -0.25) is 43.4 Å². The second-order valence-electron chi connectivity index (χ2n) is 25.7. The second-order valence-corrected chi connectivity index (χ2v) is 28.3. The second kappa shape index (κ2) is 26.9. The maximum Gasteiger partial charge on any atom is 0.410 e. The van der Waals surface area contributed by atoms with Crippen molar-refractivity contribution in [2.45, 2.75) is 117 Å². The van der Waals surface area contributed by atoms with E-state index in [1.165, 1.54) is 33.3 Å². The first-order valence-electron chi connectivity index (χ1n) is 30.9. The van der Waals surface area contributed by atoms with Gasteiger partial charge in [-0.15, -0.1) is 0 Å². The van der Waals surface area contributed by atoms with Crippen LogP contribution >= 0.6 is 11.3 Å². The molecule has 6 heterocycles. The zero-order valence-corrected chi connectivity index (χ0v) is 53.2. The number of aromatic nitrogens is 5. The number of aromatic carboxylic acids is 1. The zero-order chi connectivity index (χ0) is 65.0. The lowest BCUT2D eigenvalue weighted by Crippen LogP contribution is -2.64. The van der Waals surface area contributed by atoms with Crippen LogP contribution in [-0.4, -0.2) is 151 Å². The number of rotatable bonds is 27. The molecule has 4 saturated carbocycles. The van der Waals surface area contributed by atoms with E-state index < -0.39 is 33.5 Å². The van der Waals surface area contributed by atoms with Crippen LogP contribution in [0, 0.1) is 29.2 Å². The monoisotopic (exact) mass is 1290 g/mol. The Kier molecular flexibility index (Phi) is 18.9. The normalized spacial score (nSPS) is 21.5. The molecule has 6 aromatic rings. The smallest absolute Gasteiger partial charge is 0.410 e. The summed E-state index contributed by atoms with van der Waals surface area (Å²) in [5.41, 5.74) is 4.86. The van der Waals surface area contributed by atoms with Crippen molar-refractivity contribution in [3.63, 3.8) is 0 Å². The summed E-state index contributed by atoms with van der Waals surface area (Å²) >= 11 is 1.29. The molecule has 6 amide bonds. The molecule has 2 aliphatic heterocycles. The van der Waals surface area contributed by atoms with Crippen molar-refractivity contribution in [2.75, 3.05) is 67.2 Å². The summed E-state index contributed by atoms with van der Waals surface area (Å²) in [7, 11) is -4.45. The maximum absolute atomic E-state index is 13.8. The van der Waals surface area contributed by atoms with Gasteiger partial charge in [0.15, 0.2) is 10.8 Å². The number of benzene rings is 2. The number of carbonyl (C=O) groups is 7. The van der Waals surface area contributed by atoms with Gasteiger partial charge < -0.3 is 35.0 Å². The first kappa shape index (κ1) is 64.8. The van der Waals surface area contributed by atoms with Gasteiger partial charge in [-0.1, -0.05) is 61.9 Å². The molecule has 26 heteroatoms. The molecule has 4 aliphatic carbocycles. The summed E-state index contributed by atoms with van der Waals surface area (Å²) in [6, 6.07) is 20.9. The number of fused-ring (bicyclic) bond motifs is 2. The number of anilines is 3. The number of unbranched alkanes of at least 4 members (excludes halogenated alkanes) is 2. The highest BCUT2D eigenvalue weighted by atomic mass is 32.2. The minimum absolute atomic E-state index is 0.0134. The fourth-order valence-corrected chi connectivity index (χ4v) is 16.5. The van der Waals surface area contributed by atoms with Crippen molar-refractivity contribution in [2.24, 2.45) is 16.2 Å². The number of thiazole rings is 1. The van der Waals surface area contributed by atoms with Crippen molar-refractivity contribution in [3.8, 4) is 11.1 Å². The Morgan fingerprint density at radius 2 is 1.67 bits per heavy atom. The summed E-state index contributed by atoms with van der Waals surface area (Å²) in [6.07, 6.45) is 16.2. The number of ether oxygens (including phenoxy) is 2. The molecule has 483 valence electrons. The first-order chi connectivity index (χ1) is 43.9. The van der Waals surface area contributed by atoms with Gasteiger partial charge in [0.2, 0.25) is 11.8 Å². The largest absolute Gasteiger partial charge is 0.476 e. The molecular formula is C66H74N11O13S2. The quantitative estimate of drug-likeness (QED) is 0.0183. The molecule has 4 aromatic heterocycles. The van der Waals surface area contributed by atoms with Crippen LogP contribution < -0.4 is 20.9 Å². The van der Waals surface area contributed by atoms with E-state index in [1.807, 2.05) is 40.8 Å². The third-order valence-corrected chi connectivity index (χ3v) is 19.7. The Morgan fingerprint density at radius 3 is 2.43 bits per heavy atom. The van der Waals surface area contributed by atoms with Crippen LogP contribution in [0.2, 0.25) is 0 Å². The van der Waals surface area contributed by atoms with Gasteiger partial charge in [0.05, 0.1) is 24.2 Å². The highest BCUT2D eigenvalue weighted by Crippen LogP contribution is 2.72. The van der Waals surface area contributed by atoms with E-state index in [2.05, 4.69) is 45.8 Å². The Balaban J connectivity index is 0.681. The Hall–Kier alpha value is -8.72. The lowest BCUT2D eigenvalue weighted by atomic mass is 9.39. The number of carboxylic acids is 1. The highest BCUT2D eigenvalue weighted by Gasteiger charge is 2.66. The topological polar surface area (TPSA) is 315 Å². The molecule has 2 aromatic carbocycles. The molecule has 1 radical (unpaired) electrons. The van der Waals surface area contributed by atoms with E-state index in [1.54, 1.807) is 60.9 Å². The molecule has 2 unspecified atom stereocenters. The minimum Gasteiger partial charge on any atom is -0.476 e. The van der Waals surface area contributed by atoms with E-state index in [9.17, 15) is 51.6 Å². The summed E-state index contributed by atoms with van der Waals surface area (Å²) < 4.78 is 48.2. The van der Waals surface area contributed by atoms with Crippen LogP contribution in [0.3, 0.4) is 0 Å². The van der Waals surface area contributed by atoms with Gasteiger partial charge in [-0.2, -0.15) is 13.5 Å². The number of nitrogens with zero attached hydrogens (tertiary/aromatic N) is 8. The number of hydrogen-bond donors (Lipinski definition) is 5. The molecule has 6 aliphatic rings. The van der Waals surface area contributed by atoms with Crippen molar-refractivity contribution in [1.82, 2.24) is 39.8 Å². The summed E-state index contributed by atoms with van der Waals surface area (Å²) in [4.78, 5) is 108. The summed E-state index contributed by atoms with van der Waals surface area (Å²) in [5.74, 6) is -2.95. The SMILES string of the molecule is Cc1c(-c2ccc(N3CCc4cccc(C(=O)Nc5nc6cccnc6s5)c4C3)nc2C(=O)O)cnn1CC12CC3(C)CC(C)(C1)CC(OCCN(CCS(=O)(=O)O)C(=O)OC/C=C/c1cc[c]c(NC(=O)CCNC(=O)CCCCCN4C(=O)C=CC4=O)c1)(C3)C2. The lowest BCUT2D eigenvalue weighted by Gasteiger charge is -2.69. The van der Waals surface area contributed by atoms with E-state index in [4.69, 9.17) is 19.6 Å². The molecule has 5 N–H and O–H groups in total. The van der Waals surface area contributed by atoms with Crippen molar-refractivity contribution in [1.29, 1.82) is 0 Å². The van der Waals surface area contributed by atoms with Crippen molar-refractivity contribution < 1.29 is 61.1 Å². The van der Waals surface area contributed by atoms with E-state index >= 15 is 0 Å². The predicted octanol–water partition coefficient (Wildman–Crippen LogP) is 8.68. The van der Waals surface area contributed by atoms with Crippen molar-refractivity contribution >= 4 is 96.1 Å². The molecule has 4 bridgehead atoms. The minimum atomic E-state index is -4.45. The van der Waals surface area contributed by atoms with Crippen LogP contribution in [0.1, 0.15) is 128 Å². The number of amides is 6. The zero-order valence-electron chi connectivity index (χ0n) is 51.6. The maximum atomic E-state index is 13.8. The molecule has 92 heavy (non-hydrogen) atoms. The van der Waals surface area contributed by atoms with Gasteiger partial charge in [-0.25, -0.2) is 24.5 Å². The molecule has 4 fully saturated rings. The van der Waals surface area contributed by atoms with Crippen molar-refractivity contribution in [3.05, 3.63) is 131 Å². The summed E-state index contributed by atoms with van der Waals surface area (Å²) in [5, 5.41) is 24.5. The average molecular weight is 1290 g/mol. The number of carbonyl (C=O) groups excluding carboxylic acids is 6. The van der Waals surface area contributed by atoms with E-state index in [0.717, 1.165) is 53.8 Å². The molecular weight excluding hydrogens is 1220 g/mol. The predicted molar refractivity (Wildman–Crippen MR) is 343 cm³/mol. The number of imide groups is 1. The van der Waals surface area contributed by atoms with Gasteiger partial charge in [0, 0.05) is 111 Å². The van der Waals surface area contributed by atoms with Crippen LogP contribution in [0.5, 0.6) is 0 Å². The standard InChI is InChI=1S/C66H74N11O13S2/c1-43-49(47-18-19-52(72-57(47)60(83)84)75-27-23-45-13-8-15-48(50(45)35-75)58(82)73-61-71-51-16-9-24-68-59(51)91-61)34-69-77(43)42-65-37-63(2)36-64(3,38-65)40-66(39-63,41-65)90-31-28-74(29-32-92(86,87)88)62(85)89-30-10-12-44-11-7-14-46(33-44)70-54(79)22-25-67-53(78)17-5-4-6-26-76-55(80)20-21-56(76)81/h7-13,15-16,18-21,24,33-34H,4-6,17,22-23,25-32,35-42H2,1-3H3,(H,67,78)(H,70,79)(H,83,84)(H,71,73,82)(H,86,87,88)/b12-10+. The fourth-order valence-electron chi connectivity index (χ4n) is 15.3. The molecule has 24 nitrogen and oxygen atoms in total.